The van der Waals surface area contributed by atoms with Crippen LogP contribution in [0.3, 0.4) is 0 Å². The highest BCUT2D eigenvalue weighted by molar-refractivity contribution is 7.93. The molecule has 0 unspecified atom stereocenters. The molecule has 260 valence electrons. The molecule has 0 aliphatic carbocycles. The van der Waals surface area contributed by atoms with Crippen LogP contribution in [0.15, 0.2) is 154 Å². The maximum atomic E-state index is 13.5. The Hall–Kier alpha value is -5.73. The Bertz CT molecular complexity index is 2340. The highest BCUT2D eigenvalue weighted by Crippen LogP contribution is 2.23. The lowest BCUT2D eigenvalue weighted by molar-refractivity contribution is 0.103. The van der Waals surface area contributed by atoms with Crippen LogP contribution in [0, 0.1) is 0 Å². The highest BCUT2D eigenvalue weighted by Gasteiger charge is 2.20. The molecule has 0 atom stereocenters. The normalized spacial score (nSPS) is 11.8. The zero-order chi connectivity index (χ0) is 36.7. The lowest BCUT2D eigenvalue weighted by Gasteiger charge is -2.11. The smallest absolute Gasteiger partial charge is 0.261 e. The molecule has 0 aliphatic rings. The molecule has 0 fully saturated rings. The second-order valence-electron chi connectivity index (χ2n) is 11.2. The van der Waals surface area contributed by atoms with E-state index in [0.717, 1.165) is 9.75 Å². The Kier molecular flexibility index (Phi) is 10.9. The van der Waals surface area contributed by atoms with E-state index in [1.165, 1.54) is 132 Å². The van der Waals surface area contributed by atoms with Gasteiger partial charge in [-0.1, -0.05) is 36.4 Å². The third kappa shape index (κ3) is 8.94. The van der Waals surface area contributed by atoms with E-state index in [2.05, 4.69) is 9.44 Å². The van der Waals surface area contributed by atoms with Crippen LogP contribution in [-0.4, -0.2) is 34.2 Å². The average molecular weight is 765 g/mol. The van der Waals surface area contributed by atoms with Crippen LogP contribution in [0.25, 0.3) is 12.2 Å². The molecule has 0 radical (unpaired) electrons. The minimum absolute atomic E-state index is 0.0252. The molecule has 0 saturated heterocycles. The Labute approximate surface area is 308 Å². The number of hydrogen-bond acceptors (Lipinski definition) is 9. The molecule has 13 heteroatoms. The van der Waals surface area contributed by atoms with E-state index < -0.39 is 25.8 Å². The van der Waals surface area contributed by atoms with Crippen molar-refractivity contribution in [3.05, 3.63) is 176 Å². The molecule has 6 aromatic rings. The van der Waals surface area contributed by atoms with E-state index in [4.69, 9.17) is 0 Å². The summed E-state index contributed by atoms with van der Waals surface area (Å²) in [6, 6.07) is 30.2. The van der Waals surface area contributed by atoms with Crippen LogP contribution < -0.4 is 9.44 Å². The van der Waals surface area contributed by atoms with Gasteiger partial charge in [-0.15, -0.1) is 22.7 Å². The molecular formula is C39H28N2O7S4. The molecule has 2 aromatic heterocycles. The number of benzene rings is 4. The molecular weight excluding hydrogens is 737 g/mol. The zero-order valence-electron chi connectivity index (χ0n) is 27.0. The first kappa shape index (κ1) is 36.1. The van der Waals surface area contributed by atoms with Gasteiger partial charge in [0, 0.05) is 43.4 Å². The van der Waals surface area contributed by atoms with Crippen LogP contribution in [-0.2, 0) is 20.0 Å². The number of carbonyl (C=O) groups excluding carboxylic acids is 3. The maximum Gasteiger partial charge on any atom is 0.261 e. The van der Waals surface area contributed by atoms with Gasteiger partial charge in [-0.3, -0.25) is 23.8 Å². The van der Waals surface area contributed by atoms with Gasteiger partial charge in [-0.25, -0.2) is 16.8 Å². The topological polar surface area (TPSA) is 144 Å². The van der Waals surface area contributed by atoms with Crippen molar-refractivity contribution in [3.8, 4) is 0 Å². The van der Waals surface area contributed by atoms with E-state index in [9.17, 15) is 31.2 Å². The number of allylic oxidation sites excluding steroid dienone is 2. The molecule has 52 heavy (non-hydrogen) atoms. The van der Waals surface area contributed by atoms with E-state index >= 15 is 0 Å². The molecule has 2 N–H and O–H groups in total. The van der Waals surface area contributed by atoms with Gasteiger partial charge in [-0.05, 0) is 120 Å². The van der Waals surface area contributed by atoms with Gasteiger partial charge in [0.1, 0.15) is 0 Å². The van der Waals surface area contributed by atoms with Gasteiger partial charge in [0.15, 0.2) is 17.3 Å². The first-order chi connectivity index (χ1) is 25.0. The first-order valence-electron chi connectivity index (χ1n) is 15.5. The Morgan fingerprint density at radius 2 is 0.885 bits per heavy atom. The zero-order valence-corrected chi connectivity index (χ0v) is 30.3. The number of hydrogen-bond donors (Lipinski definition) is 2. The molecule has 0 saturated carbocycles. The molecule has 0 spiro atoms. The van der Waals surface area contributed by atoms with Crippen molar-refractivity contribution in [1.29, 1.82) is 0 Å². The minimum atomic E-state index is -4.14. The standard InChI is InChI=1S/C39H28N2O7S4/c42-37(21-19-33-7-3-23-49-33)27-11-15-31(16-12-27)40-51(45,46)35-9-1-5-29(25-35)39(44)30-6-2-10-36(26-30)52(47,48)41-32-17-13-28(14-18-32)38(43)22-20-34-8-4-24-50-34/h1-26,40-41H/b21-19+,22-20+. The number of nitrogens with one attached hydrogen (secondary N) is 2. The highest BCUT2D eigenvalue weighted by atomic mass is 32.2. The lowest BCUT2D eigenvalue weighted by Crippen LogP contribution is -2.15. The fraction of sp³-hybridized carbons (Fsp3) is 0. The molecule has 0 aliphatic heterocycles. The summed E-state index contributed by atoms with van der Waals surface area (Å²) in [5, 5.41) is 3.81. The lowest BCUT2D eigenvalue weighted by atomic mass is 10.0. The quantitative estimate of drug-likeness (QED) is 0.0837. The van der Waals surface area contributed by atoms with Crippen LogP contribution in [0.1, 0.15) is 46.4 Å². The van der Waals surface area contributed by atoms with Crippen LogP contribution in [0.4, 0.5) is 11.4 Å². The van der Waals surface area contributed by atoms with E-state index in [0.29, 0.717) is 11.1 Å². The van der Waals surface area contributed by atoms with Gasteiger partial charge in [-0.2, -0.15) is 0 Å². The summed E-state index contributed by atoms with van der Waals surface area (Å²) >= 11 is 3.00. The summed E-state index contributed by atoms with van der Waals surface area (Å²) in [6.45, 7) is 0. The van der Waals surface area contributed by atoms with Gasteiger partial charge in [0.2, 0.25) is 0 Å². The first-order valence-corrected chi connectivity index (χ1v) is 20.2. The van der Waals surface area contributed by atoms with Gasteiger partial charge < -0.3 is 0 Å². The number of ketones is 3. The van der Waals surface area contributed by atoms with Crippen molar-refractivity contribution < 1.29 is 31.2 Å². The van der Waals surface area contributed by atoms with Crippen molar-refractivity contribution in [2.75, 3.05) is 9.44 Å². The largest absolute Gasteiger partial charge is 0.289 e. The molecule has 6 rings (SSSR count). The summed E-state index contributed by atoms with van der Waals surface area (Å²) in [4.78, 5) is 40.0. The molecule has 2 heterocycles. The van der Waals surface area contributed by atoms with Crippen molar-refractivity contribution in [1.82, 2.24) is 0 Å². The number of sulfonamides is 2. The van der Waals surface area contributed by atoms with E-state index in [1.807, 2.05) is 35.0 Å². The SMILES string of the molecule is O=C(/C=C/c1cccs1)c1ccc(NS(=O)(=O)c2cccc(C(=O)c3cccc(S(=O)(=O)Nc4ccc(C(=O)/C=C/c5cccs5)cc4)c3)c2)cc1. The molecule has 0 bridgehead atoms. The second-order valence-corrected chi connectivity index (χ2v) is 16.5. The van der Waals surface area contributed by atoms with Crippen LogP contribution >= 0.6 is 22.7 Å². The van der Waals surface area contributed by atoms with E-state index in [-0.39, 0.29) is 43.9 Å². The van der Waals surface area contributed by atoms with Crippen molar-refractivity contribution in [3.63, 3.8) is 0 Å². The fourth-order valence-corrected chi connectivity index (χ4v) is 8.33. The average Bonchev–Trinajstić information content (AvgIpc) is 3.88. The third-order valence-electron chi connectivity index (χ3n) is 7.54. The number of thiophene rings is 2. The summed E-state index contributed by atoms with van der Waals surface area (Å²) in [5.74, 6) is -1.06. The van der Waals surface area contributed by atoms with E-state index in [1.54, 1.807) is 12.2 Å². The Morgan fingerprint density at radius 1 is 0.481 bits per heavy atom. The van der Waals surface area contributed by atoms with Crippen molar-refractivity contribution in [2.45, 2.75) is 9.79 Å². The van der Waals surface area contributed by atoms with Gasteiger partial charge in [0.25, 0.3) is 20.0 Å². The van der Waals surface area contributed by atoms with Crippen molar-refractivity contribution in [2.24, 2.45) is 0 Å². The van der Waals surface area contributed by atoms with Gasteiger partial charge in [0.05, 0.1) is 9.79 Å². The number of anilines is 2. The summed E-state index contributed by atoms with van der Waals surface area (Å²) in [7, 11) is -8.29. The predicted molar refractivity (Wildman–Crippen MR) is 206 cm³/mol. The summed E-state index contributed by atoms with van der Waals surface area (Å²) < 4.78 is 57.9. The molecule has 0 amide bonds. The summed E-state index contributed by atoms with van der Waals surface area (Å²) in [5.41, 5.74) is 1.24. The molecule has 9 nitrogen and oxygen atoms in total. The van der Waals surface area contributed by atoms with Crippen LogP contribution in [0.5, 0.6) is 0 Å². The number of rotatable bonds is 14. The van der Waals surface area contributed by atoms with Crippen LogP contribution in [0.2, 0.25) is 0 Å². The van der Waals surface area contributed by atoms with Gasteiger partial charge >= 0.3 is 0 Å². The monoisotopic (exact) mass is 764 g/mol. The van der Waals surface area contributed by atoms with Crippen molar-refractivity contribution >= 4 is 83.6 Å². The maximum absolute atomic E-state index is 13.5. The second kappa shape index (κ2) is 15.7. The third-order valence-corrected chi connectivity index (χ3v) is 12.0. The Morgan fingerprint density at radius 3 is 1.25 bits per heavy atom. The molecule has 4 aromatic carbocycles. The fourth-order valence-electron chi connectivity index (χ4n) is 4.89. The summed E-state index contributed by atoms with van der Waals surface area (Å²) in [6.07, 6.45) is 6.32. The predicted octanol–water partition coefficient (Wildman–Crippen LogP) is 8.43. The number of carbonyl (C=O) groups is 3. The Balaban J connectivity index is 1.12. The minimum Gasteiger partial charge on any atom is -0.289 e.